The molecular formula is C31H18N4. The maximum Gasteiger partial charge on any atom is 0.149 e. The van der Waals surface area contributed by atoms with Gasteiger partial charge in [0, 0.05) is 35.8 Å². The van der Waals surface area contributed by atoms with Gasteiger partial charge >= 0.3 is 0 Å². The fourth-order valence-corrected chi connectivity index (χ4v) is 6.56. The molecule has 0 amide bonds. The maximum absolute atomic E-state index is 5.12. The molecule has 4 heterocycles. The molecule has 2 aliphatic rings. The first kappa shape index (κ1) is 17.8. The van der Waals surface area contributed by atoms with Gasteiger partial charge in [-0.2, -0.15) is 0 Å². The van der Waals surface area contributed by atoms with E-state index in [1.807, 2.05) is 24.7 Å². The normalized spacial score (nSPS) is 13.5. The second-order valence-electron chi connectivity index (χ2n) is 9.66. The van der Waals surface area contributed by atoms with Crippen LogP contribution >= 0.6 is 0 Å². The standard InChI is InChI=1S/C31H18N4/c1-2-5-19-17(4-1)14-24-20(19)8-7-18-15-25-22(28(18)24)9-10-27-29(25)35-30-23(6-3-12-33-30)21-11-13-32-16-26(21)31(35)34-27/h1-13,16H,14-15H2. The summed E-state index contributed by atoms with van der Waals surface area (Å²) >= 11 is 0. The number of benzene rings is 3. The molecule has 0 unspecified atom stereocenters. The Hall–Kier alpha value is -4.57. The van der Waals surface area contributed by atoms with Crippen molar-refractivity contribution < 1.29 is 0 Å². The van der Waals surface area contributed by atoms with Gasteiger partial charge in [0.2, 0.25) is 0 Å². The first-order chi connectivity index (χ1) is 17.4. The highest BCUT2D eigenvalue weighted by Gasteiger charge is 2.30. The third kappa shape index (κ3) is 2.11. The van der Waals surface area contributed by atoms with Crippen molar-refractivity contribution >= 4 is 38.5 Å². The molecule has 0 spiro atoms. The van der Waals surface area contributed by atoms with Gasteiger partial charge in [0.1, 0.15) is 11.3 Å². The van der Waals surface area contributed by atoms with E-state index < -0.39 is 0 Å². The van der Waals surface area contributed by atoms with Crippen LogP contribution in [-0.4, -0.2) is 19.4 Å². The summed E-state index contributed by atoms with van der Waals surface area (Å²) in [4.78, 5) is 14.4. The smallest absolute Gasteiger partial charge is 0.149 e. The monoisotopic (exact) mass is 446 g/mol. The predicted molar refractivity (Wildman–Crippen MR) is 140 cm³/mol. The minimum Gasteiger partial charge on any atom is -0.275 e. The van der Waals surface area contributed by atoms with E-state index in [-0.39, 0.29) is 0 Å². The predicted octanol–water partition coefficient (Wildman–Crippen LogP) is 6.73. The number of pyridine rings is 3. The minimum absolute atomic E-state index is 0.916. The van der Waals surface area contributed by atoms with Gasteiger partial charge in [0.25, 0.3) is 0 Å². The van der Waals surface area contributed by atoms with E-state index in [4.69, 9.17) is 9.97 Å². The zero-order valence-corrected chi connectivity index (χ0v) is 18.8. The molecular weight excluding hydrogens is 428 g/mol. The first-order valence-electron chi connectivity index (χ1n) is 12.0. The van der Waals surface area contributed by atoms with Crippen LogP contribution < -0.4 is 0 Å². The Morgan fingerprint density at radius 1 is 0.629 bits per heavy atom. The van der Waals surface area contributed by atoms with E-state index in [0.29, 0.717) is 0 Å². The second kappa shape index (κ2) is 6.10. The molecule has 7 aromatic rings. The molecule has 0 radical (unpaired) electrons. The second-order valence-corrected chi connectivity index (χ2v) is 9.66. The van der Waals surface area contributed by atoms with Gasteiger partial charge in [0.05, 0.1) is 11.0 Å². The largest absolute Gasteiger partial charge is 0.275 e. The van der Waals surface area contributed by atoms with Crippen LogP contribution in [0, 0.1) is 0 Å². The number of aromatic nitrogens is 4. The lowest BCUT2D eigenvalue weighted by Crippen LogP contribution is -1.96. The number of hydrogen-bond acceptors (Lipinski definition) is 3. The van der Waals surface area contributed by atoms with E-state index >= 15 is 0 Å². The van der Waals surface area contributed by atoms with E-state index in [1.54, 1.807) is 0 Å². The summed E-state index contributed by atoms with van der Waals surface area (Å²) < 4.78 is 2.27. The Morgan fingerprint density at radius 3 is 2.54 bits per heavy atom. The highest BCUT2D eigenvalue weighted by Crippen LogP contribution is 2.49. The Kier molecular flexibility index (Phi) is 3.11. The van der Waals surface area contributed by atoms with Crippen molar-refractivity contribution in [2.45, 2.75) is 12.8 Å². The summed E-state index contributed by atoms with van der Waals surface area (Å²) in [6, 6.07) is 24.2. The van der Waals surface area contributed by atoms with Crippen LogP contribution in [-0.2, 0) is 12.8 Å². The summed E-state index contributed by atoms with van der Waals surface area (Å²) in [6.45, 7) is 0. The van der Waals surface area contributed by atoms with Crippen LogP contribution in [0.25, 0.3) is 60.7 Å². The fraction of sp³-hybridized carbons (Fsp3) is 0.0645. The SMILES string of the molecule is c1ccc2c(c1)Cc1c-2ccc2c1-c1ccc3nc4c5cnccc5c5cccnc5n4c3c1C2. The maximum atomic E-state index is 5.12. The summed E-state index contributed by atoms with van der Waals surface area (Å²) in [5, 5.41) is 3.33. The lowest BCUT2D eigenvalue weighted by Gasteiger charge is -2.10. The van der Waals surface area contributed by atoms with Crippen molar-refractivity contribution in [2.75, 3.05) is 0 Å². The molecule has 162 valence electrons. The van der Waals surface area contributed by atoms with Gasteiger partial charge in [0.15, 0.2) is 0 Å². The summed E-state index contributed by atoms with van der Waals surface area (Å²) in [5.41, 5.74) is 15.2. The third-order valence-corrected chi connectivity index (χ3v) is 7.98. The van der Waals surface area contributed by atoms with E-state index in [9.17, 15) is 0 Å². The number of nitrogens with zero attached hydrogens (tertiary/aromatic N) is 4. The van der Waals surface area contributed by atoms with Gasteiger partial charge in [-0.25, -0.2) is 9.97 Å². The van der Waals surface area contributed by atoms with E-state index in [0.717, 1.165) is 45.8 Å². The molecule has 4 aromatic heterocycles. The third-order valence-electron chi connectivity index (χ3n) is 7.98. The average Bonchev–Trinajstić information content (AvgIpc) is 3.59. The zero-order chi connectivity index (χ0) is 22.7. The van der Waals surface area contributed by atoms with Crippen molar-refractivity contribution in [3.8, 4) is 22.3 Å². The van der Waals surface area contributed by atoms with Crippen molar-refractivity contribution in [3.63, 3.8) is 0 Å². The van der Waals surface area contributed by atoms with Gasteiger partial charge in [-0.15, -0.1) is 0 Å². The van der Waals surface area contributed by atoms with Crippen LogP contribution in [0.4, 0.5) is 0 Å². The molecule has 0 saturated heterocycles. The molecule has 4 heteroatoms. The van der Waals surface area contributed by atoms with Crippen LogP contribution in [0.15, 0.2) is 85.3 Å². The topological polar surface area (TPSA) is 43.1 Å². The average molecular weight is 447 g/mol. The van der Waals surface area contributed by atoms with Gasteiger partial charge in [-0.3, -0.25) is 9.38 Å². The molecule has 35 heavy (non-hydrogen) atoms. The Morgan fingerprint density at radius 2 is 1.54 bits per heavy atom. The lowest BCUT2D eigenvalue weighted by atomic mass is 9.95. The van der Waals surface area contributed by atoms with Gasteiger partial charge in [-0.05, 0) is 80.6 Å². The number of rotatable bonds is 0. The molecule has 2 aliphatic carbocycles. The molecule has 4 nitrogen and oxygen atoms in total. The minimum atomic E-state index is 0.916. The van der Waals surface area contributed by atoms with Crippen LogP contribution in [0.1, 0.15) is 22.3 Å². The number of hydrogen-bond donors (Lipinski definition) is 0. The highest BCUT2D eigenvalue weighted by atomic mass is 15.1. The molecule has 0 saturated carbocycles. The van der Waals surface area contributed by atoms with E-state index in [2.05, 4.69) is 70.0 Å². The van der Waals surface area contributed by atoms with Gasteiger partial charge in [-0.1, -0.05) is 42.5 Å². The quantitative estimate of drug-likeness (QED) is 0.243. The lowest BCUT2D eigenvalue weighted by molar-refractivity contribution is 1.20. The molecule has 9 rings (SSSR count). The van der Waals surface area contributed by atoms with Crippen molar-refractivity contribution in [1.29, 1.82) is 0 Å². The van der Waals surface area contributed by atoms with E-state index in [1.165, 1.54) is 50.0 Å². The molecule has 0 bridgehead atoms. The van der Waals surface area contributed by atoms with Crippen LogP contribution in [0.2, 0.25) is 0 Å². The summed E-state index contributed by atoms with van der Waals surface area (Å²) in [7, 11) is 0. The Labute approximate surface area is 200 Å². The van der Waals surface area contributed by atoms with Crippen molar-refractivity contribution in [2.24, 2.45) is 0 Å². The van der Waals surface area contributed by atoms with Gasteiger partial charge < -0.3 is 0 Å². The number of imidazole rings is 1. The molecule has 3 aromatic carbocycles. The van der Waals surface area contributed by atoms with Crippen molar-refractivity contribution in [1.82, 2.24) is 19.4 Å². The molecule has 0 atom stereocenters. The Bertz CT molecular complexity index is 2070. The molecule has 0 aliphatic heterocycles. The van der Waals surface area contributed by atoms with Crippen molar-refractivity contribution in [3.05, 3.63) is 108 Å². The first-order valence-corrected chi connectivity index (χ1v) is 12.0. The fourth-order valence-electron chi connectivity index (χ4n) is 6.56. The molecule has 0 fully saturated rings. The zero-order valence-electron chi connectivity index (χ0n) is 18.8. The Balaban J connectivity index is 1.42. The van der Waals surface area contributed by atoms with Crippen LogP contribution in [0.3, 0.4) is 0 Å². The van der Waals surface area contributed by atoms with Crippen LogP contribution in [0.5, 0.6) is 0 Å². The summed E-state index contributed by atoms with van der Waals surface area (Å²) in [5.74, 6) is 0. The summed E-state index contributed by atoms with van der Waals surface area (Å²) in [6.07, 6.45) is 7.57. The number of fused-ring (bicyclic) bond motifs is 16. The molecule has 0 N–H and O–H groups in total. The highest BCUT2D eigenvalue weighted by molar-refractivity contribution is 6.13.